The number of hydrogen-bond donors (Lipinski definition) is 0. The molecule has 1 aromatic rings. The fourth-order valence-corrected chi connectivity index (χ4v) is 1.24. The lowest BCUT2D eigenvalue weighted by Gasteiger charge is -2.01. The number of hydrogen-bond acceptors (Lipinski definition) is 3. The number of benzene rings is 1. The van der Waals surface area contributed by atoms with Crippen molar-refractivity contribution in [3.8, 4) is 0 Å². The van der Waals surface area contributed by atoms with Crippen molar-refractivity contribution in [1.82, 2.24) is 0 Å². The molecule has 16 heavy (non-hydrogen) atoms. The summed E-state index contributed by atoms with van der Waals surface area (Å²) in [6, 6.07) is 2.82. The fourth-order valence-electron chi connectivity index (χ4n) is 1.24. The Morgan fingerprint density at radius 1 is 1.19 bits per heavy atom. The Labute approximate surface area is 91.0 Å². The van der Waals surface area contributed by atoms with Crippen molar-refractivity contribution in [1.29, 1.82) is 0 Å². The van der Waals surface area contributed by atoms with Crippen molar-refractivity contribution in [2.24, 2.45) is 0 Å². The van der Waals surface area contributed by atoms with Gasteiger partial charge in [-0.2, -0.15) is 0 Å². The number of methoxy groups -OCH3 is 1. The molecule has 0 aliphatic carbocycles. The molecule has 0 amide bonds. The van der Waals surface area contributed by atoms with Gasteiger partial charge in [-0.1, -0.05) is 0 Å². The second-order valence-corrected chi connectivity index (χ2v) is 3.25. The summed E-state index contributed by atoms with van der Waals surface area (Å²) in [5, 5.41) is 0. The van der Waals surface area contributed by atoms with Gasteiger partial charge in [0.15, 0.2) is 0 Å². The van der Waals surface area contributed by atoms with Gasteiger partial charge in [0.1, 0.15) is 23.8 Å². The van der Waals surface area contributed by atoms with E-state index in [-0.39, 0.29) is 12.0 Å². The Kier molecular flexibility index (Phi) is 4.10. The zero-order chi connectivity index (χ0) is 12.1. The molecule has 0 saturated heterocycles. The minimum atomic E-state index is -0.749. The van der Waals surface area contributed by atoms with Crippen molar-refractivity contribution < 1.29 is 23.1 Å². The normalized spacial score (nSPS) is 9.94. The zero-order valence-electron chi connectivity index (χ0n) is 8.63. The first kappa shape index (κ1) is 12.3. The number of ether oxygens (including phenoxy) is 1. The Morgan fingerprint density at radius 2 is 1.75 bits per heavy atom. The summed E-state index contributed by atoms with van der Waals surface area (Å²) in [4.78, 5) is 22.0. The molecule has 1 aromatic carbocycles. The second kappa shape index (κ2) is 5.34. The highest BCUT2D eigenvalue weighted by Crippen LogP contribution is 2.09. The van der Waals surface area contributed by atoms with Crippen LogP contribution in [0.4, 0.5) is 8.78 Å². The van der Waals surface area contributed by atoms with E-state index in [9.17, 15) is 18.4 Å². The molecule has 0 radical (unpaired) electrons. The maximum Gasteiger partial charge on any atom is 0.313 e. The van der Waals surface area contributed by atoms with Gasteiger partial charge < -0.3 is 4.74 Å². The SMILES string of the molecule is COC(=O)CC(=O)Cc1cc(F)cc(F)c1. The van der Waals surface area contributed by atoms with Gasteiger partial charge in [0.05, 0.1) is 7.11 Å². The van der Waals surface area contributed by atoms with E-state index >= 15 is 0 Å². The molecule has 5 heteroatoms. The molecule has 86 valence electrons. The van der Waals surface area contributed by atoms with Gasteiger partial charge in [-0.05, 0) is 17.7 Å². The summed E-state index contributed by atoms with van der Waals surface area (Å²) in [6.07, 6.45) is -0.585. The average molecular weight is 228 g/mol. The van der Waals surface area contributed by atoms with E-state index in [0.717, 1.165) is 19.2 Å². The van der Waals surface area contributed by atoms with Crippen molar-refractivity contribution in [3.63, 3.8) is 0 Å². The van der Waals surface area contributed by atoms with Crippen LogP contribution in [0.25, 0.3) is 0 Å². The standard InChI is InChI=1S/C11H10F2O3/c1-16-11(15)6-10(14)4-7-2-8(12)5-9(13)3-7/h2-3,5H,4,6H2,1H3. The summed E-state index contributed by atoms with van der Waals surface area (Å²) in [6.45, 7) is 0. The van der Waals surface area contributed by atoms with Crippen molar-refractivity contribution >= 4 is 11.8 Å². The van der Waals surface area contributed by atoms with Gasteiger partial charge in [0.2, 0.25) is 0 Å². The lowest BCUT2D eigenvalue weighted by molar-refractivity contribution is -0.143. The lowest BCUT2D eigenvalue weighted by Crippen LogP contribution is -2.11. The van der Waals surface area contributed by atoms with E-state index < -0.39 is 29.8 Å². The molecule has 0 aliphatic rings. The quantitative estimate of drug-likeness (QED) is 0.581. The molecular formula is C11H10F2O3. The summed E-state index contributed by atoms with van der Waals surface area (Å²) < 4.78 is 29.8. The van der Waals surface area contributed by atoms with Crippen LogP contribution in [0.5, 0.6) is 0 Å². The predicted molar refractivity (Wildman–Crippen MR) is 51.7 cm³/mol. The molecule has 0 bridgehead atoms. The molecule has 0 fully saturated rings. The number of carbonyl (C=O) groups is 2. The van der Waals surface area contributed by atoms with Gasteiger partial charge in [0.25, 0.3) is 0 Å². The first-order chi connectivity index (χ1) is 7.51. The third-order valence-corrected chi connectivity index (χ3v) is 1.89. The predicted octanol–water partition coefficient (Wildman–Crippen LogP) is 1.64. The Balaban J connectivity index is 2.66. The number of ketones is 1. The van der Waals surface area contributed by atoms with Crippen molar-refractivity contribution in [2.75, 3.05) is 7.11 Å². The maximum absolute atomic E-state index is 12.8. The molecular weight excluding hydrogens is 218 g/mol. The molecule has 0 unspecified atom stereocenters. The van der Waals surface area contributed by atoms with Crippen LogP contribution < -0.4 is 0 Å². The molecule has 0 N–H and O–H groups in total. The van der Waals surface area contributed by atoms with Crippen molar-refractivity contribution in [3.05, 3.63) is 35.4 Å². The van der Waals surface area contributed by atoms with Gasteiger partial charge in [-0.3, -0.25) is 9.59 Å². The van der Waals surface area contributed by atoms with Crippen LogP contribution in [-0.2, 0) is 20.7 Å². The zero-order valence-corrected chi connectivity index (χ0v) is 8.63. The molecule has 0 atom stereocenters. The van der Waals surface area contributed by atoms with Crippen LogP contribution in [0, 0.1) is 11.6 Å². The first-order valence-corrected chi connectivity index (χ1v) is 4.54. The highest BCUT2D eigenvalue weighted by atomic mass is 19.1. The van der Waals surface area contributed by atoms with Crippen LogP contribution >= 0.6 is 0 Å². The number of carbonyl (C=O) groups excluding carboxylic acids is 2. The fraction of sp³-hybridized carbons (Fsp3) is 0.273. The molecule has 0 aliphatic heterocycles. The summed E-state index contributed by atoms with van der Waals surface area (Å²) in [7, 11) is 1.16. The number of Topliss-reactive ketones (excluding diaryl/α,β-unsaturated/α-hetero) is 1. The number of halogens is 2. The number of esters is 1. The van der Waals surface area contributed by atoms with Crippen LogP contribution in [0.2, 0.25) is 0 Å². The van der Waals surface area contributed by atoms with Crippen LogP contribution in [0.3, 0.4) is 0 Å². The van der Waals surface area contributed by atoms with Crippen molar-refractivity contribution in [2.45, 2.75) is 12.8 Å². The average Bonchev–Trinajstić information content (AvgIpc) is 2.15. The lowest BCUT2D eigenvalue weighted by atomic mass is 10.1. The van der Waals surface area contributed by atoms with Crippen LogP contribution in [0.15, 0.2) is 18.2 Å². The largest absolute Gasteiger partial charge is 0.469 e. The third kappa shape index (κ3) is 3.76. The highest BCUT2D eigenvalue weighted by Gasteiger charge is 2.11. The highest BCUT2D eigenvalue weighted by molar-refractivity contribution is 5.96. The second-order valence-electron chi connectivity index (χ2n) is 3.25. The third-order valence-electron chi connectivity index (χ3n) is 1.89. The van der Waals surface area contributed by atoms with E-state index in [4.69, 9.17) is 0 Å². The maximum atomic E-state index is 12.8. The summed E-state index contributed by atoms with van der Waals surface area (Å²) in [5.41, 5.74) is 0.200. The smallest absolute Gasteiger partial charge is 0.313 e. The Hall–Kier alpha value is -1.78. The van der Waals surface area contributed by atoms with Gasteiger partial charge >= 0.3 is 5.97 Å². The topological polar surface area (TPSA) is 43.4 Å². The Bertz CT molecular complexity index is 395. The van der Waals surface area contributed by atoms with Crippen LogP contribution in [0.1, 0.15) is 12.0 Å². The van der Waals surface area contributed by atoms with E-state index in [1.165, 1.54) is 0 Å². The molecule has 0 heterocycles. The summed E-state index contributed by atoms with van der Waals surface area (Å²) in [5.74, 6) is -2.61. The minimum absolute atomic E-state index is 0.191. The van der Waals surface area contributed by atoms with E-state index in [2.05, 4.69) is 4.74 Å². The Morgan fingerprint density at radius 3 is 2.25 bits per heavy atom. The van der Waals surface area contributed by atoms with Gasteiger partial charge in [-0.25, -0.2) is 8.78 Å². The van der Waals surface area contributed by atoms with Gasteiger partial charge in [-0.15, -0.1) is 0 Å². The molecule has 1 rings (SSSR count). The monoisotopic (exact) mass is 228 g/mol. The van der Waals surface area contributed by atoms with Gasteiger partial charge in [0, 0.05) is 12.5 Å². The molecule has 3 nitrogen and oxygen atoms in total. The van der Waals surface area contributed by atoms with E-state index in [1.54, 1.807) is 0 Å². The minimum Gasteiger partial charge on any atom is -0.469 e. The van der Waals surface area contributed by atoms with E-state index in [0.29, 0.717) is 6.07 Å². The summed E-state index contributed by atoms with van der Waals surface area (Å²) >= 11 is 0. The van der Waals surface area contributed by atoms with Crippen LogP contribution in [-0.4, -0.2) is 18.9 Å². The number of rotatable bonds is 4. The van der Waals surface area contributed by atoms with E-state index in [1.807, 2.05) is 0 Å². The first-order valence-electron chi connectivity index (χ1n) is 4.54. The molecule has 0 spiro atoms. The molecule has 0 aromatic heterocycles. The molecule has 0 saturated carbocycles.